The maximum atomic E-state index is 6.23. The number of halogens is 1. The van der Waals surface area contributed by atoms with Crippen LogP contribution in [0.15, 0.2) is 37.2 Å². The minimum absolute atomic E-state index is 0. The van der Waals surface area contributed by atoms with Gasteiger partial charge < -0.3 is 10.5 Å². The highest BCUT2D eigenvalue weighted by Crippen LogP contribution is 2.31. The normalized spacial score (nSPS) is 21.6. The third-order valence-electron chi connectivity index (χ3n) is 4.01. The van der Waals surface area contributed by atoms with E-state index in [9.17, 15) is 0 Å². The van der Waals surface area contributed by atoms with Crippen molar-refractivity contribution >= 4 is 29.3 Å². The number of nitrogens with zero attached hydrogens (tertiary/aromatic N) is 1. The summed E-state index contributed by atoms with van der Waals surface area (Å²) in [5, 5.41) is 2.19. The second-order valence-corrected chi connectivity index (χ2v) is 5.44. The molecule has 4 heteroatoms. The van der Waals surface area contributed by atoms with Crippen molar-refractivity contribution in [2.75, 3.05) is 0 Å². The van der Waals surface area contributed by atoms with Crippen molar-refractivity contribution in [3.63, 3.8) is 0 Å². The molecule has 1 aromatic heterocycles. The van der Waals surface area contributed by atoms with E-state index >= 15 is 0 Å². The van der Waals surface area contributed by atoms with E-state index in [0.29, 0.717) is 6.04 Å². The van der Waals surface area contributed by atoms with Crippen LogP contribution in [0.1, 0.15) is 31.2 Å². The topological polar surface area (TPSA) is 48.1 Å². The first-order valence-corrected chi connectivity index (χ1v) is 7.19. The number of aromatic nitrogens is 1. The predicted octanol–water partition coefficient (Wildman–Crippen LogP) is 3.95. The lowest BCUT2D eigenvalue weighted by atomic mass is 9.93. The Hall–Kier alpha value is -1.58. The lowest BCUT2D eigenvalue weighted by Gasteiger charge is -2.27. The van der Waals surface area contributed by atoms with E-state index in [1.54, 1.807) is 0 Å². The van der Waals surface area contributed by atoms with E-state index in [1.165, 1.54) is 0 Å². The molecule has 112 valence electrons. The minimum Gasteiger partial charge on any atom is -0.490 e. The van der Waals surface area contributed by atoms with Gasteiger partial charge in [-0.2, -0.15) is 0 Å². The van der Waals surface area contributed by atoms with Crippen molar-refractivity contribution in [3.8, 4) is 5.75 Å². The van der Waals surface area contributed by atoms with Gasteiger partial charge in [-0.05, 0) is 31.7 Å². The third kappa shape index (κ3) is 3.36. The molecule has 2 N–H and O–H groups in total. The summed E-state index contributed by atoms with van der Waals surface area (Å²) < 4.78 is 6.23. The molecule has 0 saturated heterocycles. The van der Waals surface area contributed by atoms with Gasteiger partial charge in [0, 0.05) is 34.8 Å². The number of ether oxygens (including phenoxy) is 1. The molecule has 21 heavy (non-hydrogen) atoms. The molecule has 3 rings (SSSR count). The summed E-state index contributed by atoms with van der Waals surface area (Å²) in [6.45, 7) is 3.87. The summed E-state index contributed by atoms with van der Waals surface area (Å²) in [7, 11) is 0. The monoisotopic (exact) mass is 304 g/mol. The molecule has 0 bridgehead atoms. The highest BCUT2D eigenvalue weighted by atomic mass is 35.5. The zero-order valence-corrected chi connectivity index (χ0v) is 12.8. The van der Waals surface area contributed by atoms with Crippen LogP contribution in [0, 0.1) is 0 Å². The SMILES string of the molecule is C=Cc1cncc2cccc(O[C@H]3CC[C@H](N)CC3)c12.Cl. The van der Waals surface area contributed by atoms with Gasteiger partial charge in [-0.15, -0.1) is 12.4 Å². The largest absolute Gasteiger partial charge is 0.490 e. The Labute approximate surface area is 131 Å². The van der Waals surface area contributed by atoms with E-state index in [0.717, 1.165) is 47.8 Å². The maximum Gasteiger partial charge on any atom is 0.128 e. The number of hydrogen-bond acceptors (Lipinski definition) is 3. The smallest absolute Gasteiger partial charge is 0.128 e. The first kappa shape index (κ1) is 15.8. The van der Waals surface area contributed by atoms with Crippen LogP contribution in [0.3, 0.4) is 0 Å². The Morgan fingerprint density at radius 1 is 1.19 bits per heavy atom. The van der Waals surface area contributed by atoms with Crippen molar-refractivity contribution < 1.29 is 4.74 Å². The zero-order valence-electron chi connectivity index (χ0n) is 12.0. The summed E-state index contributed by atoms with van der Waals surface area (Å²) in [5.74, 6) is 0.931. The van der Waals surface area contributed by atoms with Crippen LogP contribution in [0.2, 0.25) is 0 Å². The van der Waals surface area contributed by atoms with Crippen LogP contribution in [-0.2, 0) is 0 Å². The Kier molecular flexibility index (Phi) is 5.21. The highest BCUT2D eigenvalue weighted by molar-refractivity contribution is 5.94. The number of pyridine rings is 1. The van der Waals surface area contributed by atoms with Crippen molar-refractivity contribution in [1.82, 2.24) is 4.98 Å². The number of fused-ring (bicyclic) bond motifs is 1. The van der Waals surface area contributed by atoms with Crippen LogP contribution in [0.25, 0.3) is 16.8 Å². The minimum atomic E-state index is 0. The molecule has 1 aromatic carbocycles. The lowest BCUT2D eigenvalue weighted by molar-refractivity contribution is 0.149. The van der Waals surface area contributed by atoms with Crippen LogP contribution >= 0.6 is 12.4 Å². The van der Waals surface area contributed by atoms with Crippen LogP contribution < -0.4 is 10.5 Å². The van der Waals surface area contributed by atoms with Crippen molar-refractivity contribution in [2.24, 2.45) is 5.73 Å². The maximum absolute atomic E-state index is 6.23. The summed E-state index contributed by atoms with van der Waals surface area (Å²) >= 11 is 0. The molecule has 0 amide bonds. The lowest BCUT2D eigenvalue weighted by Crippen LogP contribution is -2.31. The molecule has 3 nitrogen and oxygen atoms in total. The Balaban J connectivity index is 0.00000161. The average molecular weight is 305 g/mol. The van der Waals surface area contributed by atoms with Gasteiger partial charge in [0.2, 0.25) is 0 Å². The first-order chi connectivity index (χ1) is 9.78. The van der Waals surface area contributed by atoms with Crippen molar-refractivity contribution in [1.29, 1.82) is 0 Å². The molecule has 0 aliphatic heterocycles. The number of rotatable bonds is 3. The second kappa shape index (κ2) is 6.92. The molecule has 1 aliphatic rings. The first-order valence-electron chi connectivity index (χ1n) is 7.19. The summed E-state index contributed by atoms with van der Waals surface area (Å²) in [6, 6.07) is 6.44. The quantitative estimate of drug-likeness (QED) is 0.934. The van der Waals surface area contributed by atoms with Gasteiger partial charge in [-0.25, -0.2) is 0 Å². The molecule has 1 heterocycles. The molecule has 0 radical (unpaired) electrons. The standard InChI is InChI=1S/C17H20N2O.ClH/c1-2-12-10-19-11-13-4-3-5-16(17(12)13)20-15-8-6-14(18)7-9-15;/h2-5,10-11,14-15H,1,6-9,18H2;1H/t14-,15-;. The van der Waals surface area contributed by atoms with Crippen LogP contribution in [-0.4, -0.2) is 17.1 Å². The third-order valence-corrected chi connectivity index (χ3v) is 4.01. The van der Waals surface area contributed by atoms with Gasteiger partial charge in [0.25, 0.3) is 0 Å². The molecule has 0 spiro atoms. The Morgan fingerprint density at radius 3 is 2.67 bits per heavy atom. The summed E-state index contributed by atoms with van der Waals surface area (Å²) in [5.41, 5.74) is 6.97. The van der Waals surface area contributed by atoms with E-state index in [1.807, 2.05) is 30.6 Å². The molecule has 0 unspecified atom stereocenters. The zero-order chi connectivity index (χ0) is 13.9. The van der Waals surface area contributed by atoms with Crippen LogP contribution in [0.4, 0.5) is 0 Å². The van der Waals surface area contributed by atoms with Gasteiger partial charge in [0.05, 0.1) is 6.10 Å². The molecular weight excluding hydrogens is 284 g/mol. The molecular formula is C17H21ClN2O. The number of benzene rings is 1. The molecule has 0 atom stereocenters. The Morgan fingerprint density at radius 2 is 1.95 bits per heavy atom. The van der Waals surface area contributed by atoms with Gasteiger partial charge in [0.1, 0.15) is 5.75 Å². The molecule has 1 fully saturated rings. The van der Waals surface area contributed by atoms with E-state index in [-0.39, 0.29) is 18.5 Å². The van der Waals surface area contributed by atoms with E-state index < -0.39 is 0 Å². The fourth-order valence-electron chi connectivity index (χ4n) is 2.87. The van der Waals surface area contributed by atoms with Gasteiger partial charge >= 0.3 is 0 Å². The van der Waals surface area contributed by atoms with E-state index in [4.69, 9.17) is 10.5 Å². The second-order valence-electron chi connectivity index (χ2n) is 5.44. The predicted molar refractivity (Wildman–Crippen MR) is 89.9 cm³/mol. The van der Waals surface area contributed by atoms with Gasteiger partial charge in [-0.1, -0.05) is 24.8 Å². The fourth-order valence-corrected chi connectivity index (χ4v) is 2.87. The number of hydrogen-bond donors (Lipinski definition) is 1. The van der Waals surface area contributed by atoms with Gasteiger partial charge in [0.15, 0.2) is 0 Å². The molecule has 1 saturated carbocycles. The summed E-state index contributed by atoms with van der Waals surface area (Å²) in [4.78, 5) is 4.24. The van der Waals surface area contributed by atoms with Crippen molar-refractivity contribution in [2.45, 2.75) is 37.8 Å². The van der Waals surface area contributed by atoms with Gasteiger partial charge in [-0.3, -0.25) is 4.98 Å². The van der Waals surface area contributed by atoms with Crippen LogP contribution in [0.5, 0.6) is 5.75 Å². The molecule has 1 aliphatic carbocycles. The summed E-state index contributed by atoms with van der Waals surface area (Å²) in [6.07, 6.45) is 9.96. The highest BCUT2D eigenvalue weighted by Gasteiger charge is 2.20. The number of nitrogens with two attached hydrogens (primary N) is 1. The average Bonchev–Trinajstić information content (AvgIpc) is 2.49. The fraction of sp³-hybridized carbons (Fsp3) is 0.353. The Bertz CT molecular complexity index is 616. The van der Waals surface area contributed by atoms with Crippen molar-refractivity contribution in [3.05, 3.63) is 42.7 Å². The molecule has 2 aromatic rings. The van der Waals surface area contributed by atoms with E-state index in [2.05, 4.69) is 17.6 Å².